The van der Waals surface area contributed by atoms with Gasteiger partial charge in [-0.05, 0) is 61.2 Å². The molecule has 29 heavy (non-hydrogen) atoms. The number of amides is 2. The van der Waals surface area contributed by atoms with Gasteiger partial charge in [0, 0.05) is 13.1 Å². The van der Waals surface area contributed by atoms with Crippen molar-refractivity contribution in [2.45, 2.75) is 40.2 Å². The molecule has 0 aromatic heterocycles. The zero-order valence-corrected chi connectivity index (χ0v) is 17.6. The highest BCUT2D eigenvalue weighted by molar-refractivity contribution is 5.99. The van der Waals surface area contributed by atoms with Crippen LogP contribution >= 0.6 is 0 Å². The predicted octanol–water partition coefficient (Wildman–Crippen LogP) is 6.86. The van der Waals surface area contributed by atoms with Crippen molar-refractivity contribution < 1.29 is 4.79 Å². The molecule has 0 aliphatic heterocycles. The highest BCUT2D eigenvalue weighted by atomic mass is 16.2. The third kappa shape index (κ3) is 5.26. The number of hydrogen-bond donors (Lipinski definition) is 0. The van der Waals surface area contributed by atoms with E-state index in [1.54, 1.807) is 0 Å². The lowest BCUT2D eigenvalue weighted by atomic mass is 10.1. The molecular weight excluding hydrogens is 356 g/mol. The Labute approximate surface area is 174 Å². The second-order valence-electron chi connectivity index (χ2n) is 7.48. The summed E-state index contributed by atoms with van der Waals surface area (Å²) < 4.78 is 0. The van der Waals surface area contributed by atoms with E-state index in [0.29, 0.717) is 6.54 Å². The fraction of sp³-hybridized carbons (Fsp3) is 0.269. The Morgan fingerprint density at radius 2 is 1.45 bits per heavy atom. The number of aryl methyl sites for hydroxylation is 2. The lowest BCUT2D eigenvalue weighted by Gasteiger charge is -2.31. The van der Waals surface area contributed by atoms with E-state index in [0.717, 1.165) is 36.3 Å². The van der Waals surface area contributed by atoms with Gasteiger partial charge < -0.3 is 4.90 Å². The van der Waals surface area contributed by atoms with Crippen molar-refractivity contribution in [3.8, 4) is 0 Å². The van der Waals surface area contributed by atoms with E-state index in [4.69, 9.17) is 0 Å². The molecule has 0 bridgehead atoms. The monoisotopic (exact) mass is 386 g/mol. The normalized spacial score (nSPS) is 10.6. The Hall–Kier alpha value is -3.07. The minimum Gasteiger partial charge on any atom is -0.320 e. The minimum atomic E-state index is 0.0109. The number of carbonyl (C=O) groups is 1. The van der Waals surface area contributed by atoms with E-state index < -0.39 is 0 Å². The average molecular weight is 387 g/mol. The lowest BCUT2D eigenvalue weighted by Crippen LogP contribution is -2.41. The summed E-state index contributed by atoms with van der Waals surface area (Å²) in [6, 6.07) is 26.4. The van der Waals surface area contributed by atoms with Gasteiger partial charge in [0.25, 0.3) is 0 Å². The molecule has 0 saturated heterocycles. The number of hydrogen-bond acceptors (Lipinski definition) is 1. The zero-order chi connectivity index (χ0) is 20.6. The van der Waals surface area contributed by atoms with E-state index in [1.165, 1.54) is 11.1 Å². The summed E-state index contributed by atoms with van der Waals surface area (Å²) in [6.45, 7) is 7.68. The molecular formula is C26H30N2O. The predicted molar refractivity (Wildman–Crippen MR) is 122 cm³/mol. The third-order valence-corrected chi connectivity index (χ3v) is 5.22. The van der Waals surface area contributed by atoms with Gasteiger partial charge in [-0.3, -0.25) is 4.90 Å². The van der Waals surface area contributed by atoms with Crippen LogP contribution in [0.1, 0.15) is 36.5 Å². The topological polar surface area (TPSA) is 23.6 Å². The van der Waals surface area contributed by atoms with Crippen LogP contribution in [0.5, 0.6) is 0 Å². The van der Waals surface area contributed by atoms with Crippen molar-refractivity contribution in [1.82, 2.24) is 4.90 Å². The lowest BCUT2D eigenvalue weighted by molar-refractivity contribution is 0.203. The van der Waals surface area contributed by atoms with Crippen molar-refractivity contribution in [2.75, 3.05) is 11.4 Å². The summed E-state index contributed by atoms with van der Waals surface area (Å²) in [5.41, 5.74) is 5.33. The van der Waals surface area contributed by atoms with Crippen molar-refractivity contribution in [3.63, 3.8) is 0 Å². The maximum absolute atomic E-state index is 13.8. The summed E-state index contributed by atoms with van der Waals surface area (Å²) in [5.74, 6) is 0. The molecule has 3 aromatic rings. The number of nitrogens with zero attached hydrogens (tertiary/aromatic N) is 2. The maximum atomic E-state index is 13.8. The summed E-state index contributed by atoms with van der Waals surface area (Å²) in [6.07, 6.45) is 2.03. The van der Waals surface area contributed by atoms with Crippen LogP contribution in [0.4, 0.5) is 16.2 Å². The van der Waals surface area contributed by atoms with Crippen LogP contribution in [0.3, 0.4) is 0 Å². The van der Waals surface area contributed by atoms with E-state index in [2.05, 4.69) is 45.0 Å². The summed E-state index contributed by atoms with van der Waals surface area (Å²) in [4.78, 5) is 17.6. The summed E-state index contributed by atoms with van der Waals surface area (Å²) in [7, 11) is 0. The van der Waals surface area contributed by atoms with Crippen LogP contribution < -0.4 is 4.90 Å². The van der Waals surface area contributed by atoms with Gasteiger partial charge in [-0.1, -0.05) is 67.9 Å². The molecule has 3 heteroatoms. The molecule has 0 spiro atoms. The molecule has 0 saturated carbocycles. The molecule has 0 fully saturated rings. The van der Waals surface area contributed by atoms with Crippen LogP contribution in [-0.2, 0) is 6.54 Å². The standard InChI is InChI=1S/C26H30N2O/c1-4-5-18-27(20-23-12-8-6-9-13-23)26(29)28(24-14-10-7-11-15-24)25-17-16-21(2)22(3)19-25/h6-17,19H,4-5,18,20H2,1-3H3. The Bertz CT molecular complexity index is 922. The summed E-state index contributed by atoms with van der Waals surface area (Å²) >= 11 is 0. The third-order valence-electron chi connectivity index (χ3n) is 5.22. The first-order valence-corrected chi connectivity index (χ1v) is 10.4. The van der Waals surface area contributed by atoms with Gasteiger partial charge >= 0.3 is 6.03 Å². The molecule has 0 aliphatic rings. The smallest absolute Gasteiger partial charge is 0.320 e. The fourth-order valence-corrected chi connectivity index (χ4v) is 3.35. The molecule has 3 aromatic carbocycles. The first-order chi connectivity index (χ1) is 14.1. The Morgan fingerprint density at radius 3 is 2.07 bits per heavy atom. The van der Waals surface area contributed by atoms with Crippen molar-refractivity contribution in [3.05, 3.63) is 95.6 Å². The molecule has 150 valence electrons. The SMILES string of the molecule is CCCCN(Cc1ccccc1)C(=O)N(c1ccccc1)c1ccc(C)c(C)c1. The molecule has 0 heterocycles. The van der Waals surface area contributed by atoms with Crippen LogP contribution in [-0.4, -0.2) is 17.5 Å². The van der Waals surface area contributed by atoms with Crippen LogP contribution in [0.2, 0.25) is 0 Å². The van der Waals surface area contributed by atoms with Gasteiger partial charge in [-0.2, -0.15) is 0 Å². The first kappa shape index (κ1) is 20.7. The largest absolute Gasteiger partial charge is 0.329 e. The van der Waals surface area contributed by atoms with Gasteiger partial charge in [0.2, 0.25) is 0 Å². The second-order valence-corrected chi connectivity index (χ2v) is 7.48. The van der Waals surface area contributed by atoms with Gasteiger partial charge in [0.15, 0.2) is 0 Å². The van der Waals surface area contributed by atoms with Gasteiger partial charge in [0.05, 0.1) is 11.4 Å². The molecule has 0 atom stereocenters. The van der Waals surface area contributed by atoms with Gasteiger partial charge in [-0.25, -0.2) is 4.79 Å². The molecule has 0 aliphatic carbocycles. The fourth-order valence-electron chi connectivity index (χ4n) is 3.35. The van der Waals surface area contributed by atoms with E-state index in [9.17, 15) is 4.79 Å². The molecule has 0 radical (unpaired) electrons. The Kier molecular flexibility index (Phi) is 7.07. The summed E-state index contributed by atoms with van der Waals surface area (Å²) in [5, 5.41) is 0. The van der Waals surface area contributed by atoms with Crippen LogP contribution in [0.15, 0.2) is 78.9 Å². The van der Waals surface area contributed by atoms with Crippen molar-refractivity contribution in [1.29, 1.82) is 0 Å². The number of carbonyl (C=O) groups excluding carboxylic acids is 1. The number of urea groups is 1. The number of para-hydroxylation sites is 1. The van der Waals surface area contributed by atoms with Crippen molar-refractivity contribution >= 4 is 17.4 Å². The highest BCUT2D eigenvalue weighted by Crippen LogP contribution is 2.29. The second kappa shape index (κ2) is 9.92. The Morgan fingerprint density at radius 1 is 0.793 bits per heavy atom. The number of unbranched alkanes of at least 4 members (excludes halogenated alkanes) is 1. The van der Waals surface area contributed by atoms with Crippen LogP contribution in [0.25, 0.3) is 0 Å². The van der Waals surface area contributed by atoms with Gasteiger partial charge in [-0.15, -0.1) is 0 Å². The zero-order valence-electron chi connectivity index (χ0n) is 17.6. The van der Waals surface area contributed by atoms with Gasteiger partial charge in [0.1, 0.15) is 0 Å². The average Bonchev–Trinajstić information content (AvgIpc) is 2.75. The number of benzene rings is 3. The molecule has 0 unspecified atom stereocenters. The van der Waals surface area contributed by atoms with E-state index in [-0.39, 0.29) is 6.03 Å². The van der Waals surface area contributed by atoms with E-state index in [1.807, 2.05) is 64.4 Å². The highest BCUT2D eigenvalue weighted by Gasteiger charge is 2.24. The molecule has 3 nitrogen and oxygen atoms in total. The van der Waals surface area contributed by atoms with Crippen LogP contribution in [0, 0.1) is 13.8 Å². The minimum absolute atomic E-state index is 0.0109. The van der Waals surface area contributed by atoms with E-state index >= 15 is 0 Å². The Balaban J connectivity index is 1.99. The number of anilines is 2. The quantitative estimate of drug-likeness (QED) is 0.435. The molecule has 2 amide bonds. The van der Waals surface area contributed by atoms with Crippen molar-refractivity contribution in [2.24, 2.45) is 0 Å². The number of rotatable bonds is 7. The molecule has 3 rings (SSSR count). The molecule has 0 N–H and O–H groups in total. The maximum Gasteiger partial charge on any atom is 0.329 e. The first-order valence-electron chi connectivity index (χ1n) is 10.4.